The summed E-state index contributed by atoms with van der Waals surface area (Å²) >= 11 is 1.07. The molecule has 1 aromatic carbocycles. The lowest BCUT2D eigenvalue weighted by Crippen LogP contribution is -2.29. The third kappa shape index (κ3) is 1.92. The topological polar surface area (TPSA) is 63.8 Å². The second-order valence-electron chi connectivity index (χ2n) is 3.06. The quantitative estimate of drug-likeness (QED) is 0.630. The summed E-state index contributed by atoms with van der Waals surface area (Å²) in [5.74, 6) is 3.50. The van der Waals surface area contributed by atoms with Gasteiger partial charge < -0.3 is 0 Å². The summed E-state index contributed by atoms with van der Waals surface area (Å²) in [5.41, 5.74) is 2.55. The van der Waals surface area contributed by atoms with E-state index in [2.05, 4.69) is 15.0 Å². The van der Waals surface area contributed by atoms with Gasteiger partial charge in [-0.3, -0.25) is 5.84 Å². The van der Waals surface area contributed by atoms with Crippen molar-refractivity contribution >= 4 is 11.5 Å². The molecule has 7 heteroatoms. The minimum Gasteiger partial charge on any atom is -0.271 e. The third-order valence-electron chi connectivity index (χ3n) is 2.12. The molecule has 2 aromatic rings. The highest BCUT2D eigenvalue weighted by atomic mass is 32.1. The van der Waals surface area contributed by atoms with Gasteiger partial charge in [0.15, 0.2) is 11.6 Å². The van der Waals surface area contributed by atoms with Crippen molar-refractivity contribution in [2.24, 2.45) is 5.84 Å². The zero-order chi connectivity index (χ0) is 11.5. The number of aromatic nitrogens is 2. The Labute approximate surface area is 94.2 Å². The van der Waals surface area contributed by atoms with Crippen LogP contribution in [-0.4, -0.2) is 9.59 Å². The minimum atomic E-state index is -0.918. The second kappa shape index (κ2) is 4.60. The van der Waals surface area contributed by atoms with E-state index in [4.69, 9.17) is 5.84 Å². The number of nitrogens with two attached hydrogens (primary N) is 1. The van der Waals surface area contributed by atoms with Crippen LogP contribution in [0.1, 0.15) is 16.5 Å². The first-order chi connectivity index (χ1) is 7.74. The lowest BCUT2D eigenvalue weighted by atomic mass is 10.1. The van der Waals surface area contributed by atoms with Gasteiger partial charge in [-0.05, 0) is 17.6 Å². The molecule has 16 heavy (non-hydrogen) atoms. The molecule has 1 unspecified atom stereocenters. The van der Waals surface area contributed by atoms with Gasteiger partial charge >= 0.3 is 0 Å². The van der Waals surface area contributed by atoms with Crippen LogP contribution in [0.3, 0.4) is 0 Å². The SMILES string of the molecule is NNC(c1cnns1)c1cccc(F)c1F. The summed E-state index contributed by atoms with van der Waals surface area (Å²) in [6, 6.07) is 3.29. The number of nitrogens with one attached hydrogen (secondary N) is 1. The highest BCUT2D eigenvalue weighted by molar-refractivity contribution is 7.05. The standard InChI is InChI=1S/C9H8F2N4S/c10-6-3-1-2-5(8(6)11)9(14-12)7-4-13-15-16-7/h1-4,9,14H,12H2. The lowest BCUT2D eigenvalue weighted by molar-refractivity contribution is 0.484. The van der Waals surface area contributed by atoms with E-state index in [0.29, 0.717) is 4.88 Å². The van der Waals surface area contributed by atoms with Crippen molar-refractivity contribution in [3.8, 4) is 0 Å². The van der Waals surface area contributed by atoms with Crippen molar-refractivity contribution in [1.82, 2.24) is 15.0 Å². The van der Waals surface area contributed by atoms with Crippen molar-refractivity contribution in [3.05, 3.63) is 46.5 Å². The largest absolute Gasteiger partial charge is 0.271 e. The summed E-state index contributed by atoms with van der Waals surface area (Å²) in [7, 11) is 0. The van der Waals surface area contributed by atoms with Crippen LogP contribution in [0.5, 0.6) is 0 Å². The van der Waals surface area contributed by atoms with Crippen LogP contribution in [0.15, 0.2) is 24.4 Å². The van der Waals surface area contributed by atoms with Gasteiger partial charge in [-0.15, -0.1) is 5.10 Å². The van der Waals surface area contributed by atoms with Crippen molar-refractivity contribution in [1.29, 1.82) is 0 Å². The Kier molecular flexibility index (Phi) is 3.18. The Hall–Kier alpha value is -1.44. The maximum Gasteiger partial charge on any atom is 0.164 e. The normalized spacial score (nSPS) is 12.7. The minimum absolute atomic E-state index is 0.133. The molecule has 1 aromatic heterocycles. The van der Waals surface area contributed by atoms with Crippen LogP contribution in [0, 0.1) is 11.6 Å². The Balaban J connectivity index is 2.45. The third-order valence-corrected chi connectivity index (χ3v) is 2.85. The summed E-state index contributed by atoms with van der Waals surface area (Å²) < 4.78 is 30.2. The highest BCUT2D eigenvalue weighted by Crippen LogP contribution is 2.26. The molecule has 0 fully saturated rings. The van der Waals surface area contributed by atoms with Crippen LogP contribution in [0.2, 0.25) is 0 Å². The summed E-state index contributed by atoms with van der Waals surface area (Å²) in [5, 5.41) is 3.63. The number of halogens is 2. The van der Waals surface area contributed by atoms with Gasteiger partial charge in [-0.2, -0.15) is 0 Å². The molecule has 4 nitrogen and oxygen atoms in total. The molecule has 0 saturated carbocycles. The first-order valence-electron chi connectivity index (χ1n) is 4.41. The molecule has 3 N–H and O–H groups in total. The van der Waals surface area contributed by atoms with Gasteiger partial charge in [0.25, 0.3) is 0 Å². The Morgan fingerprint density at radius 2 is 2.19 bits per heavy atom. The number of hydrazine groups is 1. The first-order valence-corrected chi connectivity index (χ1v) is 5.18. The molecule has 0 amide bonds. The number of nitrogens with zero attached hydrogens (tertiary/aromatic N) is 2. The van der Waals surface area contributed by atoms with Crippen LogP contribution in [0.25, 0.3) is 0 Å². The van der Waals surface area contributed by atoms with E-state index in [1.807, 2.05) is 0 Å². The molecule has 0 aliphatic rings. The molecule has 0 aliphatic carbocycles. The van der Waals surface area contributed by atoms with E-state index < -0.39 is 17.7 Å². The van der Waals surface area contributed by atoms with E-state index in [1.54, 1.807) is 0 Å². The fourth-order valence-corrected chi connectivity index (χ4v) is 1.95. The molecule has 0 bridgehead atoms. The van der Waals surface area contributed by atoms with Crippen LogP contribution >= 0.6 is 11.5 Å². The van der Waals surface area contributed by atoms with Crippen molar-refractivity contribution in [3.63, 3.8) is 0 Å². The molecule has 0 radical (unpaired) electrons. The zero-order valence-corrected chi connectivity index (χ0v) is 8.84. The first kappa shape index (κ1) is 11.1. The molecule has 1 heterocycles. The van der Waals surface area contributed by atoms with E-state index in [0.717, 1.165) is 17.6 Å². The fourth-order valence-electron chi connectivity index (χ4n) is 1.37. The predicted molar refractivity (Wildman–Crippen MR) is 55.4 cm³/mol. The van der Waals surface area contributed by atoms with E-state index in [1.165, 1.54) is 18.3 Å². The highest BCUT2D eigenvalue weighted by Gasteiger charge is 2.20. The summed E-state index contributed by atoms with van der Waals surface area (Å²) in [6.45, 7) is 0. The average Bonchev–Trinajstić information content (AvgIpc) is 2.79. The second-order valence-corrected chi connectivity index (χ2v) is 3.88. The van der Waals surface area contributed by atoms with E-state index >= 15 is 0 Å². The van der Waals surface area contributed by atoms with Gasteiger partial charge in [0.2, 0.25) is 0 Å². The summed E-state index contributed by atoms with van der Waals surface area (Å²) in [4.78, 5) is 0.618. The van der Waals surface area contributed by atoms with Crippen LogP contribution < -0.4 is 11.3 Å². The molecule has 2 rings (SSSR count). The van der Waals surface area contributed by atoms with Crippen LogP contribution in [0.4, 0.5) is 8.78 Å². The van der Waals surface area contributed by atoms with Gasteiger partial charge in [-0.25, -0.2) is 14.2 Å². The van der Waals surface area contributed by atoms with Gasteiger partial charge in [0.05, 0.1) is 17.1 Å². The average molecular weight is 242 g/mol. The smallest absolute Gasteiger partial charge is 0.164 e. The van der Waals surface area contributed by atoms with Crippen molar-refractivity contribution in [2.75, 3.05) is 0 Å². The molecule has 84 valence electrons. The fraction of sp³-hybridized carbons (Fsp3) is 0.111. The molecule has 1 atom stereocenters. The maximum absolute atomic E-state index is 13.5. The van der Waals surface area contributed by atoms with Crippen molar-refractivity contribution in [2.45, 2.75) is 6.04 Å². The number of benzene rings is 1. The van der Waals surface area contributed by atoms with Gasteiger partial charge in [-0.1, -0.05) is 16.6 Å². The summed E-state index contributed by atoms with van der Waals surface area (Å²) in [6.07, 6.45) is 1.46. The molecule has 0 aliphatic heterocycles. The van der Waals surface area contributed by atoms with Gasteiger partial charge in [0, 0.05) is 5.56 Å². The number of rotatable bonds is 3. The Bertz CT molecular complexity index is 474. The monoisotopic (exact) mass is 242 g/mol. The van der Waals surface area contributed by atoms with Crippen molar-refractivity contribution < 1.29 is 8.78 Å². The Morgan fingerprint density at radius 3 is 2.81 bits per heavy atom. The predicted octanol–water partition coefficient (Wildman–Crippen LogP) is 1.37. The van der Waals surface area contributed by atoms with Crippen LogP contribution in [-0.2, 0) is 0 Å². The van der Waals surface area contributed by atoms with E-state index in [9.17, 15) is 8.78 Å². The molecular formula is C9H8F2N4S. The number of hydrogen-bond acceptors (Lipinski definition) is 5. The van der Waals surface area contributed by atoms with E-state index in [-0.39, 0.29) is 5.56 Å². The lowest BCUT2D eigenvalue weighted by Gasteiger charge is -2.14. The molecule has 0 spiro atoms. The molecule has 0 saturated heterocycles. The maximum atomic E-state index is 13.5. The number of hydrogen-bond donors (Lipinski definition) is 2. The molecular weight excluding hydrogens is 234 g/mol. The Morgan fingerprint density at radius 1 is 1.38 bits per heavy atom. The van der Waals surface area contributed by atoms with Gasteiger partial charge in [0.1, 0.15) is 0 Å². The zero-order valence-electron chi connectivity index (χ0n) is 8.02.